The van der Waals surface area contributed by atoms with E-state index in [0.717, 1.165) is 30.3 Å². The molecule has 0 unspecified atom stereocenters. The van der Waals surface area contributed by atoms with Gasteiger partial charge in [-0.1, -0.05) is 12.1 Å². The second kappa shape index (κ2) is 9.20. The molecule has 3 heterocycles. The van der Waals surface area contributed by atoms with Crippen LogP contribution in [0.25, 0.3) is 5.69 Å². The van der Waals surface area contributed by atoms with Crippen molar-refractivity contribution in [3.05, 3.63) is 83.4 Å². The summed E-state index contributed by atoms with van der Waals surface area (Å²) in [5.41, 5.74) is 6.00. The van der Waals surface area contributed by atoms with Crippen molar-refractivity contribution in [3.8, 4) is 5.69 Å². The SMILES string of the molecule is Cc1ccc(-n2cccc2[C@@H]2[C@@H](c3ccccn3)NC(=S)N2CCCN(C)C)cc1C. The van der Waals surface area contributed by atoms with E-state index in [-0.39, 0.29) is 12.1 Å². The van der Waals surface area contributed by atoms with Crippen LogP contribution in [0, 0.1) is 13.8 Å². The Balaban J connectivity index is 1.74. The number of nitrogens with zero attached hydrogens (tertiary/aromatic N) is 4. The number of aryl methyl sites for hydroxylation is 2. The Hall–Kier alpha value is -2.70. The van der Waals surface area contributed by atoms with E-state index in [9.17, 15) is 0 Å². The van der Waals surface area contributed by atoms with Crippen LogP contribution in [0.5, 0.6) is 0 Å². The molecular weight excluding hydrogens is 402 g/mol. The number of benzene rings is 1. The molecule has 3 aromatic rings. The molecule has 0 spiro atoms. The first-order valence-corrected chi connectivity index (χ1v) is 11.2. The van der Waals surface area contributed by atoms with Gasteiger partial charge in [-0.25, -0.2) is 0 Å². The molecule has 0 radical (unpaired) electrons. The normalized spacial score (nSPS) is 18.6. The van der Waals surface area contributed by atoms with Crippen LogP contribution in [0.3, 0.4) is 0 Å². The van der Waals surface area contributed by atoms with Crippen molar-refractivity contribution in [2.24, 2.45) is 0 Å². The molecule has 4 rings (SSSR count). The van der Waals surface area contributed by atoms with Crippen molar-refractivity contribution in [2.45, 2.75) is 32.4 Å². The second-order valence-electron chi connectivity index (χ2n) is 8.55. The first-order valence-electron chi connectivity index (χ1n) is 10.8. The van der Waals surface area contributed by atoms with Gasteiger partial charge in [0.15, 0.2) is 5.11 Å². The summed E-state index contributed by atoms with van der Waals surface area (Å²) in [4.78, 5) is 9.22. The maximum atomic E-state index is 5.81. The average Bonchev–Trinajstić information content (AvgIpc) is 3.35. The third-order valence-corrected chi connectivity index (χ3v) is 6.41. The molecule has 2 atom stereocenters. The highest BCUT2D eigenvalue weighted by atomic mass is 32.1. The van der Waals surface area contributed by atoms with Gasteiger partial charge in [0.25, 0.3) is 0 Å². The summed E-state index contributed by atoms with van der Waals surface area (Å²) in [6.45, 7) is 6.24. The number of hydrogen-bond acceptors (Lipinski definition) is 3. The zero-order chi connectivity index (χ0) is 22.0. The van der Waals surface area contributed by atoms with Gasteiger partial charge < -0.3 is 19.7 Å². The van der Waals surface area contributed by atoms with Crippen LogP contribution < -0.4 is 5.32 Å². The van der Waals surface area contributed by atoms with Gasteiger partial charge in [-0.15, -0.1) is 0 Å². The molecule has 1 aliphatic rings. The molecule has 162 valence electrons. The van der Waals surface area contributed by atoms with Crippen LogP contribution in [0.1, 0.15) is 41.0 Å². The standard InChI is InChI=1S/C25H31N5S/c1-18-11-12-20(17-19(18)2)29-15-7-10-22(29)24-23(21-9-5-6-13-26-21)27-25(31)30(24)16-8-14-28(3)4/h5-7,9-13,15,17,23-24H,8,14,16H2,1-4H3,(H,27,31)/t23-,24-/m1/s1. The summed E-state index contributed by atoms with van der Waals surface area (Å²) < 4.78 is 2.29. The van der Waals surface area contributed by atoms with E-state index in [1.54, 1.807) is 0 Å². The van der Waals surface area contributed by atoms with E-state index in [1.807, 2.05) is 18.3 Å². The van der Waals surface area contributed by atoms with Crippen molar-refractivity contribution >= 4 is 17.3 Å². The molecule has 2 aromatic heterocycles. The van der Waals surface area contributed by atoms with Gasteiger partial charge in [-0.3, -0.25) is 4.98 Å². The van der Waals surface area contributed by atoms with Crippen LogP contribution in [-0.2, 0) is 0 Å². The molecule has 0 aliphatic carbocycles. The zero-order valence-electron chi connectivity index (χ0n) is 18.7. The average molecular weight is 434 g/mol. The van der Waals surface area contributed by atoms with E-state index < -0.39 is 0 Å². The van der Waals surface area contributed by atoms with Gasteiger partial charge in [0.1, 0.15) is 0 Å². The lowest BCUT2D eigenvalue weighted by Crippen LogP contribution is -2.33. The Labute approximate surface area is 190 Å². The highest BCUT2D eigenvalue weighted by Crippen LogP contribution is 2.39. The van der Waals surface area contributed by atoms with Crippen LogP contribution in [0.4, 0.5) is 0 Å². The molecule has 1 fully saturated rings. The van der Waals surface area contributed by atoms with Crippen molar-refractivity contribution in [1.82, 2.24) is 24.7 Å². The van der Waals surface area contributed by atoms with Gasteiger partial charge in [0, 0.05) is 30.3 Å². The molecule has 0 saturated carbocycles. The van der Waals surface area contributed by atoms with Gasteiger partial charge in [0.05, 0.1) is 17.8 Å². The molecule has 5 nitrogen and oxygen atoms in total. The molecule has 1 aliphatic heterocycles. The fourth-order valence-corrected chi connectivity index (χ4v) is 4.60. The van der Waals surface area contributed by atoms with Gasteiger partial charge in [-0.2, -0.15) is 0 Å². The summed E-state index contributed by atoms with van der Waals surface area (Å²) in [6, 6.07) is 17.1. The van der Waals surface area contributed by atoms with Crippen molar-refractivity contribution in [1.29, 1.82) is 0 Å². The van der Waals surface area contributed by atoms with Crippen molar-refractivity contribution < 1.29 is 0 Å². The molecular formula is C25H31N5S. The molecule has 1 saturated heterocycles. The summed E-state index contributed by atoms with van der Waals surface area (Å²) >= 11 is 5.81. The van der Waals surface area contributed by atoms with Crippen LogP contribution in [0.15, 0.2) is 60.9 Å². The molecule has 1 N–H and O–H groups in total. The number of pyridine rings is 1. The number of aromatic nitrogens is 2. The molecule has 1 aromatic carbocycles. The lowest BCUT2D eigenvalue weighted by molar-refractivity contribution is 0.286. The van der Waals surface area contributed by atoms with Crippen LogP contribution in [-0.4, -0.2) is 51.6 Å². The molecule has 0 bridgehead atoms. The topological polar surface area (TPSA) is 36.3 Å². The fraction of sp³-hybridized carbons (Fsp3) is 0.360. The zero-order valence-corrected chi connectivity index (χ0v) is 19.6. The summed E-state index contributed by atoms with van der Waals surface area (Å²) in [6.07, 6.45) is 5.05. The largest absolute Gasteiger partial charge is 0.352 e. The van der Waals surface area contributed by atoms with Gasteiger partial charge >= 0.3 is 0 Å². The van der Waals surface area contributed by atoms with Crippen LogP contribution >= 0.6 is 12.2 Å². The monoisotopic (exact) mass is 433 g/mol. The first-order chi connectivity index (χ1) is 15.0. The summed E-state index contributed by atoms with van der Waals surface area (Å²) in [5, 5.41) is 4.36. The molecule has 31 heavy (non-hydrogen) atoms. The van der Waals surface area contributed by atoms with E-state index >= 15 is 0 Å². The Morgan fingerprint density at radius 2 is 1.90 bits per heavy atom. The minimum absolute atomic E-state index is 0.00764. The van der Waals surface area contributed by atoms with Crippen LogP contribution in [0.2, 0.25) is 0 Å². The molecule has 0 amide bonds. The van der Waals surface area contributed by atoms with Crippen molar-refractivity contribution in [3.63, 3.8) is 0 Å². The van der Waals surface area contributed by atoms with Crippen molar-refractivity contribution in [2.75, 3.05) is 27.2 Å². The maximum Gasteiger partial charge on any atom is 0.170 e. The Morgan fingerprint density at radius 3 is 2.61 bits per heavy atom. The third kappa shape index (κ3) is 4.50. The number of thiocarbonyl (C=S) groups is 1. The number of nitrogens with one attached hydrogen (secondary N) is 1. The lowest BCUT2D eigenvalue weighted by atomic mass is 10.0. The van der Waals surface area contributed by atoms with E-state index in [2.05, 4.69) is 95.2 Å². The first kappa shape index (κ1) is 21.5. The number of rotatable bonds is 7. The van der Waals surface area contributed by atoms with Gasteiger partial charge in [-0.05, 0) is 101 Å². The van der Waals surface area contributed by atoms with E-state index in [0.29, 0.717) is 0 Å². The number of hydrogen-bond donors (Lipinski definition) is 1. The minimum Gasteiger partial charge on any atom is -0.352 e. The fourth-order valence-electron chi connectivity index (χ4n) is 4.27. The summed E-state index contributed by atoms with van der Waals surface area (Å²) in [5.74, 6) is 0. The minimum atomic E-state index is 0.00764. The second-order valence-corrected chi connectivity index (χ2v) is 8.94. The van der Waals surface area contributed by atoms with E-state index in [4.69, 9.17) is 12.2 Å². The smallest absolute Gasteiger partial charge is 0.170 e. The lowest BCUT2D eigenvalue weighted by Gasteiger charge is -2.29. The molecule has 6 heteroatoms. The quantitative estimate of drug-likeness (QED) is 0.559. The Kier molecular flexibility index (Phi) is 6.39. The Bertz CT molecular complexity index is 1040. The summed E-state index contributed by atoms with van der Waals surface area (Å²) in [7, 11) is 4.22. The Morgan fingerprint density at radius 1 is 1.06 bits per heavy atom. The highest BCUT2D eigenvalue weighted by Gasteiger charge is 2.40. The highest BCUT2D eigenvalue weighted by molar-refractivity contribution is 7.80. The predicted molar refractivity (Wildman–Crippen MR) is 131 cm³/mol. The maximum absolute atomic E-state index is 5.81. The van der Waals surface area contributed by atoms with Gasteiger partial charge in [0.2, 0.25) is 0 Å². The predicted octanol–water partition coefficient (Wildman–Crippen LogP) is 4.41. The third-order valence-electron chi connectivity index (χ3n) is 6.05. The van der Waals surface area contributed by atoms with E-state index in [1.165, 1.54) is 22.5 Å².